The monoisotopic (exact) mass is 238 g/mol. The van der Waals surface area contributed by atoms with Gasteiger partial charge in [0.1, 0.15) is 16.7 Å². The van der Waals surface area contributed by atoms with Gasteiger partial charge in [-0.15, -0.1) is 11.8 Å². The zero-order valence-electron chi connectivity index (χ0n) is 9.73. The summed E-state index contributed by atoms with van der Waals surface area (Å²) in [7, 11) is 0. The van der Waals surface area contributed by atoms with Crippen molar-refractivity contribution in [2.24, 2.45) is 11.8 Å². The predicted octanol–water partition coefficient (Wildman–Crippen LogP) is 2.39. The van der Waals surface area contributed by atoms with Crippen LogP contribution >= 0.6 is 11.8 Å². The van der Waals surface area contributed by atoms with E-state index in [4.69, 9.17) is 5.84 Å². The van der Waals surface area contributed by atoms with Crippen LogP contribution in [0.5, 0.6) is 0 Å². The second-order valence-corrected chi connectivity index (χ2v) is 5.61. The summed E-state index contributed by atoms with van der Waals surface area (Å²) in [6.45, 7) is 4.41. The van der Waals surface area contributed by atoms with Gasteiger partial charge in [0.15, 0.2) is 0 Å². The van der Waals surface area contributed by atoms with Crippen molar-refractivity contribution in [3.8, 4) is 0 Å². The van der Waals surface area contributed by atoms with Gasteiger partial charge in [-0.2, -0.15) is 0 Å². The molecule has 1 aliphatic rings. The number of nitrogen functional groups attached to an aromatic ring is 1. The zero-order valence-corrected chi connectivity index (χ0v) is 10.5. The standard InChI is InChI=1S/C11H18N4S/c1-7(2)6-16-10-5-9(15-12)13-11(14-10)8-3-4-8/h5,7-8H,3-4,6,12H2,1-2H3,(H,13,14,15). The summed E-state index contributed by atoms with van der Waals surface area (Å²) >= 11 is 1.77. The van der Waals surface area contributed by atoms with E-state index in [0.717, 1.165) is 22.4 Å². The van der Waals surface area contributed by atoms with E-state index in [9.17, 15) is 0 Å². The summed E-state index contributed by atoms with van der Waals surface area (Å²) in [6.07, 6.45) is 2.42. The molecule has 1 heterocycles. The van der Waals surface area contributed by atoms with Crippen molar-refractivity contribution in [1.29, 1.82) is 0 Å². The molecule has 0 saturated heterocycles. The predicted molar refractivity (Wildman–Crippen MR) is 67.4 cm³/mol. The number of hydrogen-bond acceptors (Lipinski definition) is 5. The molecule has 0 aliphatic heterocycles. The van der Waals surface area contributed by atoms with Crippen molar-refractivity contribution in [2.45, 2.75) is 37.6 Å². The number of thioether (sulfide) groups is 1. The fraction of sp³-hybridized carbons (Fsp3) is 0.636. The molecule has 1 aromatic heterocycles. The van der Waals surface area contributed by atoms with Crippen molar-refractivity contribution in [3.05, 3.63) is 11.9 Å². The fourth-order valence-corrected chi connectivity index (χ4v) is 2.22. The molecule has 0 amide bonds. The summed E-state index contributed by atoms with van der Waals surface area (Å²) in [5.41, 5.74) is 2.61. The molecule has 0 unspecified atom stereocenters. The number of nitrogens with two attached hydrogens (primary N) is 1. The second-order valence-electron chi connectivity index (χ2n) is 4.57. The Kier molecular flexibility index (Phi) is 3.66. The molecule has 1 aliphatic carbocycles. The van der Waals surface area contributed by atoms with Crippen LogP contribution in [0.25, 0.3) is 0 Å². The van der Waals surface area contributed by atoms with Crippen molar-refractivity contribution in [3.63, 3.8) is 0 Å². The van der Waals surface area contributed by atoms with Crippen LogP contribution in [0.3, 0.4) is 0 Å². The molecule has 4 nitrogen and oxygen atoms in total. The quantitative estimate of drug-likeness (QED) is 0.357. The third-order valence-corrected chi connectivity index (χ3v) is 3.71. The van der Waals surface area contributed by atoms with Gasteiger partial charge >= 0.3 is 0 Å². The van der Waals surface area contributed by atoms with E-state index in [0.29, 0.717) is 11.8 Å². The number of hydrogen-bond donors (Lipinski definition) is 2. The minimum absolute atomic E-state index is 0.562. The van der Waals surface area contributed by atoms with Crippen molar-refractivity contribution >= 4 is 17.6 Å². The molecule has 0 radical (unpaired) electrons. The highest BCUT2D eigenvalue weighted by Gasteiger charge is 2.27. The molecule has 0 aromatic carbocycles. The summed E-state index contributed by atoms with van der Waals surface area (Å²) in [5, 5.41) is 1.03. The number of nitrogens with zero attached hydrogens (tertiary/aromatic N) is 2. The van der Waals surface area contributed by atoms with Crippen LogP contribution in [0.15, 0.2) is 11.1 Å². The minimum Gasteiger partial charge on any atom is -0.308 e. The molecule has 1 fully saturated rings. The lowest BCUT2D eigenvalue weighted by molar-refractivity contribution is 0.748. The first-order valence-corrected chi connectivity index (χ1v) is 6.66. The van der Waals surface area contributed by atoms with Crippen molar-refractivity contribution in [1.82, 2.24) is 9.97 Å². The van der Waals surface area contributed by atoms with Crippen LogP contribution in [0, 0.1) is 5.92 Å². The van der Waals surface area contributed by atoms with Gasteiger partial charge in [-0.05, 0) is 18.8 Å². The number of rotatable bonds is 5. The first-order chi connectivity index (χ1) is 7.69. The van der Waals surface area contributed by atoms with Gasteiger partial charge < -0.3 is 5.43 Å². The van der Waals surface area contributed by atoms with Crippen LogP contribution < -0.4 is 11.3 Å². The number of aromatic nitrogens is 2. The summed E-state index contributed by atoms with van der Waals surface area (Å²) in [6, 6.07) is 1.92. The van der Waals surface area contributed by atoms with E-state index in [1.165, 1.54) is 12.8 Å². The number of nitrogens with one attached hydrogen (secondary N) is 1. The summed E-state index contributed by atoms with van der Waals surface area (Å²) in [5.74, 6) is 9.39. The maximum Gasteiger partial charge on any atom is 0.144 e. The molecular weight excluding hydrogens is 220 g/mol. The highest BCUT2D eigenvalue weighted by molar-refractivity contribution is 7.99. The SMILES string of the molecule is CC(C)CSc1cc(NN)nc(C2CC2)n1. The fourth-order valence-electron chi connectivity index (χ4n) is 1.37. The first-order valence-electron chi connectivity index (χ1n) is 5.67. The van der Waals surface area contributed by atoms with Gasteiger partial charge in [0.25, 0.3) is 0 Å². The Balaban J connectivity index is 2.12. The van der Waals surface area contributed by atoms with Crippen molar-refractivity contribution < 1.29 is 0 Å². The van der Waals surface area contributed by atoms with Gasteiger partial charge in [-0.1, -0.05) is 13.8 Å². The number of hydrazine groups is 1. The van der Waals surface area contributed by atoms with Crippen LogP contribution in [0.4, 0.5) is 5.82 Å². The molecule has 0 atom stereocenters. The Labute approximate surface area is 100 Å². The molecule has 3 N–H and O–H groups in total. The lowest BCUT2D eigenvalue weighted by Gasteiger charge is -2.08. The van der Waals surface area contributed by atoms with Gasteiger partial charge in [-0.3, -0.25) is 0 Å². The van der Waals surface area contributed by atoms with E-state index < -0.39 is 0 Å². The third kappa shape index (κ3) is 3.09. The molecule has 0 spiro atoms. The molecule has 1 saturated carbocycles. The molecule has 0 bridgehead atoms. The lowest BCUT2D eigenvalue weighted by atomic mass is 10.3. The van der Waals surface area contributed by atoms with Crippen LogP contribution in [-0.2, 0) is 0 Å². The van der Waals surface area contributed by atoms with Gasteiger partial charge in [0.2, 0.25) is 0 Å². The van der Waals surface area contributed by atoms with Gasteiger partial charge in [0.05, 0.1) is 0 Å². The Bertz CT molecular complexity index is 363. The Morgan fingerprint density at radius 3 is 2.81 bits per heavy atom. The van der Waals surface area contributed by atoms with E-state index in [2.05, 4.69) is 29.2 Å². The molecule has 1 aromatic rings. The van der Waals surface area contributed by atoms with Gasteiger partial charge in [0, 0.05) is 17.7 Å². The smallest absolute Gasteiger partial charge is 0.144 e. The molecule has 16 heavy (non-hydrogen) atoms. The van der Waals surface area contributed by atoms with E-state index in [-0.39, 0.29) is 0 Å². The Morgan fingerprint density at radius 1 is 1.50 bits per heavy atom. The Hall–Kier alpha value is -0.810. The Morgan fingerprint density at radius 2 is 2.25 bits per heavy atom. The average Bonchev–Trinajstić information content (AvgIpc) is 3.09. The molecule has 88 valence electrons. The second kappa shape index (κ2) is 5.01. The largest absolute Gasteiger partial charge is 0.308 e. The highest BCUT2D eigenvalue weighted by atomic mass is 32.2. The summed E-state index contributed by atoms with van der Waals surface area (Å²) in [4.78, 5) is 8.95. The molecule has 2 rings (SSSR count). The van der Waals surface area contributed by atoms with Crippen LogP contribution in [0.2, 0.25) is 0 Å². The normalized spacial score (nSPS) is 15.5. The van der Waals surface area contributed by atoms with Crippen molar-refractivity contribution in [2.75, 3.05) is 11.2 Å². The summed E-state index contributed by atoms with van der Waals surface area (Å²) < 4.78 is 0. The minimum atomic E-state index is 0.562. The zero-order chi connectivity index (χ0) is 11.5. The lowest BCUT2D eigenvalue weighted by Crippen LogP contribution is -2.10. The molecule has 5 heteroatoms. The van der Waals surface area contributed by atoms with Crippen LogP contribution in [0.1, 0.15) is 38.4 Å². The maximum atomic E-state index is 5.41. The average molecular weight is 238 g/mol. The third-order valence-electron chi connectivity index (χ3n) is 2.37. The van der Waals surface area contributed by atoms with Crippen LogP contribution in [-0.4, -0.2) is 15.7 Å². The topological polar surface area (TPSA) is 63.8 Å². The van der Waals surface area contributed by atoms with E-state index in [1.54, 1.807) is 11.8 Å². The highest BCUT2D eigenvalue weighted by Crippen LogP contribution is 2.39. The maximum absolute atomic E-state index is 5.41. The van der Waals surface area contributed by atoms with Gasteiger partial charge in [-0.25, -0.2) is 15.8 Å². The first kappa shape index (κ1) is 11.7. The number of anilines is 1. The molecular formula is C11H18N4S. The van der Waals surface area contributed by atoms with E-state index in [1.807, 2.05) is 6.07 Å². The van der Waals surface area contributed by atoms with E-state index >= 15 is 0 Å².